The first-order valence-corrected chi connectivity index (χ1v) is 12.4. The number of hydrogen-bond acceptors (Lipinski definition) is 9. The minimum absolute atomic E-state index is 0.00519. The Hall–Kier alpha value is -3.73. The van der Waals surface area contributed by atoms with E-state index in [1.165, 1.54) is 6.26 Å². The summed E-state index contributed by atoms with van der Waals surface area (Å²) in [6.45, 7) is 3.29. The molecule has 3 aromatic heterocycles. The summed E-state index contributed by atoms with van der Waals surface area (Å²) in [5.74, 6) is -0.0453. The number of pyridine rings is 1. The molecular weight excluding hydrogens is 444 g/mol. The molecule has 0 amide bonds. The second-order valence-electron chi connectivity index (χ2n) is 8.19. The molecule has 5 rings (SSSR count). The van der Waals surface area contributed by atoms with Crippen molar-refractivity contribution in [3.63, 3.8) is 0 Å². The smallest absolute Gasteiger partial charge is 0.389 e. The number of aromatic nitrogens is 4. The molecule has 0 spiro atoms. The van der Waals surface area contributed by atoms with Gasteiger partial charge in [0.2, 0.25) is 11.7 Å². The van der Waals surface area contributed by atoms with Gasteiger partial charge in [0.05, 0.1) is 29.9 Å². The Labute approximate surface area is 189 Å². The van der Waals surface area contributed by atoms with Gasteiger partial charge in [0.15, 0.2) is 9.84 Å². The lowest BCUT2D eigenvalue weighted by Crippen LogP contribution is -2.32. The zero-order valence-electron chi connectivity index (χ0n) is 18.1. The molecule has 170 valence electrons. The molecule has 0 bridgehead atoms. The van der Waals surface area contributed by atoms with Crippen LogP contribution in [0.4, 0.5) is 17.3 Å². The number of sulfone groups is 1. The van der Waals surface area contributed by atoms with Crippen molar-refractivity contribution in [1.29, 1.82) is 0 Å². The number of rotatable bonds is 5. The average molecular weight is 467 g/mol. The molecule has 0 radical (unpaired) electrons. The summed E-state index contributed by atoms with van der Waals surface area (Å²) in [6.07, 6.45) is 5.56. The van der Waals surface area contributed by atoms with Crippen LogP contribution in [0, 0.1) is 6.92 Å². The number of nitrogens with one attached hydrogen (secondary N) is 2. The van der Waals surface area contributed by atoms with Crippen LogP contribution in [-0.4, -0.2) is 41.2 Å². The normalized spacial score (nSPS) is 13.8. The highest BCUT2D eigenvalue weighted by Crippen LogP contribution is 2.29. The lowest BCUT2D eigenvalue weighted by molar-refractivity contribution is 0.545. The van der Waals surface area contributed by atoms with Gasteiger partial charge in [-0.2, -0.15) is 0 Å². The summed E-state index contributed by atoms with van der Waals surface area (Å²) in [7, 11) is -3.08. The van der Waals surface area contributed by atoms with E-state index in [0.717, 1.165) is 46.7 Å². The van der Waals surface area contributed by atoms with Crippen molar-refractivity contribution in [2.24, 2.45) is 0 Å². The summed E-state index contributed by atoms with van der Waals surface area (Å²) < 4.78 is 28.0. The highest BCUT2D eigenvalue weighted by atomic mass is 32.2. The van der Waals surface area contributed by atoms with E-state index in [1.807, 2.05) is 25.3 Å². The molecular formula is C22H22N6O4S. The number of oxazole rings is 1. The Morgan fingerprint density at radius 3 is 2.73 bits per heavy atom. The monoisotopic (exact) mass is 466 g/mol. The van der Waals surface area contributed by atoms with Crippen LogP contribution in [0.5, 0.6) is 0 Å². The van der Waals surface area contributed by atoms with Crippen molar-refractivity contribution in [2.75, 3.05) is 23.0 Å². The molecule has 0 saturated heterocycles. The van der Waals surface area contributed by atoms with E-state index in [2.05, 4.69) is 25.2 Å². The highest BCUT2D eigenvalue weighted by Gasteiger charge is 2.22. The first-order chi connectivity index (χ1) is 15.7. The van der Waals surface area contributed by atoms with E-state index in [4.69, 9.17) is 9.40 Å². The molecule has 11 heteroatoms. The van der Waals surface area contributed by atoms with E-state index in [-0.39, 0.29) is 5.75 Å². The number of nitrogens with zero attached hydrogens (tertiary/aromatic N) is 4. The molecule has 0 unspecified atom stereocenters. The molecule has 1 aliphatic rings. The van der Waals surface area contributed by atoms with Gasteiger partial charge >= 0.3 is 5.76 Å². The van der Waals surface area contributed by atoms with Crippen molar-refractivity contribution in [1.82, 2.24) is 19.9 Å². The van der Waals surface area contributed by atoms with Crippen LogP contribution in [0.1, 0.15) is 22.4 Å². The topological polar surface area (TPSA) is 134 Å². The van der Waals surface area contributed by atoms with Crippen LogP contribution >= 0.6 is 0 Å². The van der Waals surface area contributed by atoms with E-state index in [9.17, 15) is 13.2 Å². The molecule has 4 aromatic rings. The predicted molar refractivity (Wildman–Crippen MR) is 124 cm³/mol. The number of hydrogen-bond donors (Lipinski definition) is 2. The first-order valence-electron chi connectivity index (χ1n) is 10.4. The van der Waals surface area contributed by atoms with Crippen LogP contribution in [0.3, 0.4) is 0 Å². The second-order valence-corrected chi connectivity index (χ2v) is 10.3. The van der Waals surface area contributed by atoms with Gasteiger partial charge in [-0.1, -0.05) is 12.1 Å². The number of aryl methyl sites for hydroxylation is 1. The third-order valence-corrected chi connectivity index (χ3v) is 6.48. The molecule has 4 heterocycles. The fourth-order valence-electron chi connectivity index (χ4n) is 4.01. The van der Waals surface area contributed by atoms with E-state index in [1.54, 1.807) is 18.3 Å². The van der Waals surface area contributed by atoms with Gasteiger partial charge in [0.25, 0.3) is 0 Å². The minimum Gasteiger partial charge on any atom is -0.389 e. The zero-order valence-corrected chi connectivity index (χ0v) is 18.9. The molecule has 1 aromatic carbocycles. The van der Waals surface area contributed by atoms with Crippen LogP contribution in [0.15, 0.2) is 45.9 Å². The highest BCUT2D eigenvalue weighted by molar-refractivity contribution is 7.89. The van der Waals surface area contributed by atoms with Gasteiger partial charge in [-0.3, -0.25) is 4.98 Å². The lowest BCUT2D eigenvalue weighted by atomic mass is 10.1. The lowest BCUT2D eigenvalue weighted by Gasteiger charge is -2.30. The van der Waals surface area contributed by atoms with Crippen LogP contribution in [-0.2, 0) is 28.6 Å². The summed E-state index contributed by atoms with van der Waals surface area (Å²) in [4.78, 5) is 29.8. The van der Waals surface area contributed by atoms with E-state index < -0.39 is 15.6 Å². The molecule has 33 heavy (non-hydrogen) atoms. The molecule has 2 N–H and O–H groups in total. The third kappa shape index (κ3) is 4.44. The number of anilines is 3. The Bertz CT molecular complexity index is 1510. The molecule has 0 aliphatic carbocycles. The Balaban J connectivity index is 1.36. The first kappa shape index (κ1) is 21.1. The van der Waals surface area contributed by atoms with Crippen LogP contribution in [0.2, 0.25) is 0 Å². The molecule has 0 saturated carbocycles. The fourth-order valence-corrected chi connectivity index (χ4v) is 4.81. The number of benzene rings is 1. The van der Waals surface area contributed by atoms with Crippen molar-refractivity contribution in [3.05, 3.63) is 69.6 Å². The summed E-state index contributed by atoms with van der Waals surface area (Å²) in [6, 6.07) is 7.17. The van der Waals surface area contributed by atoms with Crippen molar-refractivity contribution in [3.8, 4) is 0 Å². The Morgan fingerprint density at radius 2 is 1.97 bits per heavy atom. The maximum absolute atomic E-state index is 11.5. The quantitative estimate of drug-likeness (QED) is 0.455. The summed E-state index contributed by atoms with van der Waals surface area (Å²) in [5, 5.41) is 3.18. The maximum atomic E-state index is 11.5. The maximum Gasteiger partial charge on any atom is 0.418 e. The molecule has 0 fully saturated rings. The number of aromatic amines is 1. The average Bonchev–Trinajstić information content (AvgIpc) is 3.15. The van der Waals surface area contributed by atoms with Gasteiger partial charge < -0.3 is 14.6 Å². The Morgan fingerprint density at radius 1 is 1.18 bits per heavy atom. The van der Waals surface area contributed by atoms with Gasteiger partial charge in [0.1, 0.15) is 5.52 Å². The fraction of sp³-hybridized carbons (Fsp3) is 0.273. The zero-order chi connectivity index (χ0) is 23.2. The minimum atomic E-state index is -3.08. The van der Waals surface area contributed by atoms with Gasteiger partial charge in [-0.15, -0.1) is 0 Å². The standard InChI is InChI=1S/C22H22N6O4S/c1-13-18(10-23-20-19(13)27-22(29)32-20)28-8-7-15-9-24-21(26-17(15)11-28)25-16-5-3-14(4-6-16)12-33(2,30)31/h3-6,9-10H,7-8,11-12H2,1-2H3,(H,27,29)(H,24,25,26). The number of H-pyrrole nitrogens is 1. The van der Waals surface area contributed by atoms with Crippen molar-refractivity contribution >= 4 is 38.4 Å². The van der Waals surface area contributed by atoms with Crippen molar-refractivity contribution < 1.29 is 12.8 Å². The largest absolute Gasteiger partial charge is 0.418 e. The summed E-state index contributed by atoms with van der Waals surface area (Å²) >= 11 is 0. The van der Waals surface area contributed by atoms with Crippen molar-refractivity contribution in [2.45, 2.75) is 25.6 Å². The summed E-state index contributed by atoms with van der Waals surface area (Å²) in [5.41, 5.74) is 6.22. The van der Waals surface area contributed by atoms with Gasteiger partial charge in [-0.25, -0.2) is 28.2 Å². The molecule has 1 aliphatic heterocycles. The SMILES string of the molecule is Cc1c(N2CCc3cnc(Nc4ccc(CS(C)(=O)=O)cc4)nc3C2)cnc2oc(=O)[nH]c12. The molecule has 0 atom stereocenters. The van der Waals surface area contributed by atoms with Crippen LogP contribution < -0.4 is 16.0 Å². The Kier molecular flexibility index (Phi) is 5.12. The van der Waals surface area contributed by atoms with E-state index in [0.29, 0.717) is 23.7 Å². The third-order valence-electron chi connectivity index (χ3n) is 5.62. The van der Waals surface area contributed by atoms with Gasteiger partial charge in [-0.05, 0) is 36.6 Å². The second kappa shape index (κ2) is 8.00. The van der Waals surface area contributed by atoms with Gasteiger partial charge in [0, 0.05) is 30.2 Å². The predicted octanol–water partition coefficient (Wildman–Crippen LogP) is 2.47. The molecule has 10 nitrogen and oxygen atoms in total. The van der Waals surface area contributed by atoms with E-state index >= 15 is 0 Å². The van der Waals surface area contributed by atoms with Crippen LogP contribution in [0.25, 0.3) is 11.2 Å². The number of fused-ring (bicyclic) bond motifs is 2.